The molecule has 0 saturated heterocycles. The average molecular weight is 417 g/mol. The Morgan fingerprint density at radius 1 is 1.13 bits per heavy atom. The maximum absolute atomic E-state index is 12.3. The van der Waals surface area contributed by atoms with Gasteiger partial charge in [-0.05, 0) is 35.9 Å². The van der Waals surface area contributed by atoms with Crippen molar-refractivity contribution >= 4 is 49.0 Å². The molecule has 0 saturated carbocycles. The number of anilines is 1. The van der Waals surface area contributed by atoms with Crippen LogP contribution in [-0.2, 0) is 21.2 Å². The molecule has 23 heavy (non-hydrogen) atoms. The first-order valence-corrected chi connectivity index (χ1v) is 9.77. The molecule has 0 aliphatic carbocycles. The molecule has 122 valence electrons. The Hall–Kier alpha value is -1.37. The van der Waals surface area contributed by atoms with Gasteiger partial charge in [0.1, 0.15) is 0 Å². The number of ketones is 1. The van der Waals surface area contributed by atoms with Crippen LogP contribution in [0.15, 0.2) is 53.0 Å². The van der Waals surface area contributed by atoms with E-state index in [2.05, 4.69) is 15.9 Å². The largest absolute Gasteiger partial charge is 0.297 e. The molecule has 0 spiro atoms. The molecule has 0 heterocycles. The summed E-state index contributed by atoms with van der Waals surface area (Å²) >= 11 is 9.21. The predicted molar refractivity (Wildman–Crippen MR) is 96.5 cm³/mol. The number of nitrogens with zero attached hydrogens (tertiary/aromatic N) is 1. The second-order valence-electron chi connectivity index (χ2n) is 5.05. The number of benzene rings is 2. The van der Waals surface area contributed by atoms with Gasteiger partial charge in [-0.3, -0.25) is 9.10 Å². The van der Waals surface area contributed by atoms with Crippen LogP contribution in [0.4, 0.5) is 5.69 Å². The first kappa shape index (κ1) is 18.0. The zero-order valence-corrected chi connectivity index (χ0v) is 15.5. The lowest BCUT2D eigenvalue weighted by atomic mass is 10.1. The molecule has 2 aromatic carbocycles. The van der Waals surface area contributed by atoms with E-state index in [4.69, 9.17) is 11.6 Å². The number of rotatable bonds is 6. The predicted octanol–water partition coefficient (Wildman–Crippen LogP) is 3.68. The Kier molecular flexibility index (Phi) is 5.84. The van der Waals surface area contributed by atoms with E-state index in [0.29, 0.717) is 10.7 Å². The van der Waals surface area contributed by atoms with Crippen LogP contribution in [0.3, 0.4) is 0 Å². The van der Waals surface area contributed by atoms with Gasteiger partial charge >= 0.3 is 0 Å². The number of sulfonamides is 1. The molecule has 0 fully saturated rings. The van der Waals surface area contributed by atoms with E-state index in [9.17, 15) is 13.2 Å². The fourth-order valence-electron chi connectivity index (χ4n) is 2.08. The molecule has 0 N–H and O–H groups in total. The lowest BCUT2D eigenvalue weighted by molar-refractivity contribution is -0.117. The Morgan fingerprint density at radius 3 is 2.30 bits per heavy atom. The van der Waals surface area contributed by atoms with Crippen LogP contribution in [-0.4, -0.2) is 27.0 Å². The summed E-state index contributed by atoms with van der Waals surface area (Å²) in [6.45, 7) is -0.220. The molecule has 0 radical (unpaired) electrons. The summed E-state index contributed by atoms with van der Waals surface area (Å²) in [5, 5.41) is 0.502. The van der Waals surface area contributed by atoms with Gasteiger partial charge in [0, 0.05) is 15.9 Å². The first-order valence-electron chi connectivity index (χ1n) is 6.76. The fraction of sp³-hybridized carbons (Fsp3) is 0.188. The first-order chi connectivity index (χ1) is 10.8. The van der Waals surface area contributed by atoms with Gasteiger partial charge in [0.15, 0.2) is 5.78 Å². The highest BCUT2D eigenvalue weighted by atomic mass is 79.9. The Balaban J connectivity index is 2.20. The zero-order valence-electron chi connectivity index (χ0n) is 12.4. The van der Waals surface area contributed by atoms with E-state index >= 15 is 0 Å². The molecule has 7 heteroatoms. The molecular formula is C16H15BrClNO3S. The van der Waals surface area contributed by atoms with Crippen molar-refractivity contribution in [1.29, 1.82) is 0 Å². The molecule has 0 aliphatic rings. The van der Waals surface area contributed by atoms with E-state index in [0.717, 1.165) is 20.6 Å². The van der Waals surface area contributed by atoms with E-state index in [1.54, 1.807) is 24.3 Å². The van der Waals surface area contributed by atoms with Gasteiger partial charge in [0.05, 0.1) is 18.5 Å². The highest BCUT2D eigenvalue weighted by Crippen LogP contribution is 2.21. The van der Waals surface area contributed by atoms with E-state index < -0.39 is 10.0 Å². The summed E-state index contributed by atoms with van der Waals surface area (Å²) < 4.78 is 25.9. The highest BCUT2D eigenvalue weighted by Gasteiger charge is 2.21. The van der Waals surface area contributed by atoms with Gasteiger partial charge in [0.25, 0.3) is 0 Å². The molecule has 0 aromatic heterocycles. The third-order valence-corrected chi connectivity index (χ3v) is 5.35. The van der Waals surface area contributed by atoms with Crippen molar-refractivity contribution in [2.75, 3.05) is 17.1 Å². The Morgan fingerprint density at radius 2 is 1.74 bits per heavy atom. The number of hydrogen-bond acceptors (Lipinski definition) is 3. The molecule has 0 atom stereocenters. The number of carbonyl (C=O) groups excluding carboxylic acids is 1. The van der Waals surface area contributed by atoms with Gasteiger partial charge < -0.3 is 0 Å². The standard InChI is InChI=1S/C16H15BrClNO3S/c1-23(21,22)19(14-8-6-13(18)7-9-14)11-15(20)10-12-4-2-3-5-16(12)17/h2-9H,10-11H2,1H3. The molecule has 0 bridgehead atoms. The Labute approximate surface area is 149 Å². The van der Waals surface area contributed by atoms with Gasteiger partial charge in [-0.2, -0.15) is 0 Å². The summed E-state index contributed by atoms with van der Waals surface area (Å²) in [4.78, 5) is 12.3. The summed E-state index contributed by atoms with van der Waals surface area (Å²) in [7, 11) is -3.57. The topological polar surface area (TPSA) is 54.5 Å². The molecule has 0 amide bonds. The summed E-state index contributed by atoms with van der Waals surface area (Å²) in [6.07, 6.45) is 1.23. The monoisotopic (exact) mass is 415 g/mol. The highest BCUT2D eigenvalue weighted by molar-refractivity contribution is 9.10. The number of halogens is 2. The van der Waals surface area contributed by atoms with Crippen LogP contribution >= 0.6 is 27.5 Å². The molecule has 0 unspecified atom stereocenters. The van der Waals surface area contributed by atoms with Crippen molar-refractivity contribution in [3.8, 4) is 0 Å². The van der Waals surface area contributed by atoms with Gasteiger partial charge in [-0.25, -0.2) is 8.42 Å². The number of carbonyl (C=O) groups is 1. The van der Waals surface area contributed by atoms with Crippen LogP contribution in [0.5, 0.6) is 0 Å². The quantitative estimate of drug-likeness (QED) is 0.722. The molecular weight excluding hydrogens is 402 g/mol. The molecule has 2 rings (SSSR count). The van der Waals surface area contributed by atoms with Crippen molar-refractivity contribution in [2.45, 2.75) is 6.42 Å². The third kappa shape index (κ3) is 5.06. The lowest BCUT2D eigenvalue weighted by Crippen LogP contribution is -2.35. The Bertz CT molecular complexity index is 806. The van der Waals surface area contributed by atoms with Crippen molar-refractivity contribution in [2.24, 2.45) is 0 Å². The number of Topliss-reactive ketones (excluding diaryl/α,β-unsaturated/α-hetero) is 1. The van der Waals surface area contributed by atoms with Gasteiger partial charge in [-0.1, -0.05) is 45.7 Å². The van der Waals surface area contributed by atoms with Gasteiger partial charge in [0.2, 0.25) is 10.0 Å². The van der Waals surface area contributed by atoms with Crippen LogP contribution in [0.1, 0.15) is 5.56 Å². The minimum atomic E-state index is -3.57. The van der Waals surface area contributed by atoms with Crippen molar-refractivity contribution in [3.63, 3.8) is 0 Å². The maximum atomic E-state index is 12.3. The third-order valence-electron chi connectivity index (χ3n) is 3.18. The fourth-order valence-corrected chi connectivity index (χ4v) is 3.51. The second kappa shape index (κ2) is 7.47. The van der Waals surface area contributed by atoms with Crippen LogP contribution in [0.2, 0.25) is 5.02 Å². The smallest absolute Gasteiger partial charge is 0.232 e. The number of hydrogen-bond donors (Lipinski definition) is 0. The molecule has 0 aliphatic heterocycles. The van der Waals surface area contributed by atoms with Crippen molar-refractivity contribution in [1.82, 2.24) is 0 Å². The summed E-state index contributed by atoms with van der Waals surface area (Å²) in [5.41, 5.74) is 1.24. The van der Waals surface area contributed by atoms with E-state index in [1.807, 2.05) is 24.3 Å². The minimum Gasteiger partial charge on any atom is -0.297 e. The normalized spacial score (nSPS) is 11.3. The zero-order chi connectivity index (χ0) is 17.0. The maximum Gasteiger partial charge on any atom is 0.232 e. The van der Waals surface area contributed by atoms with Crippen LogP contribution in [0, 0.1) is 0 Å². The average Bonchev–Trinajstić information content (AvgIpc) is 2.47. The molecule has 2 aromatic rings. The molecule has 4 nitrogen and oxygen atoms in total. The van der Waals surface area contributed by atoms with Crippen LogP contribution in [0.25, 0.3) is 0 Å². The van der Waals surface area contributed by atoms with Crippen molar-refractivity contribution in [3.05, 3.63) is 63.6 Å². The second-order valence-corrected chi connectivity index (χ2v) is 8.25. The van der Waals surface area contributed by atoms with Crippen molar-refractivity contribution < 1.29 is 13.2 Å². The SMILES string of the molecule is CS(=O)(=O)N(CC(=O)Cc1ccccc1Br)c1ccc(Cl)cc1. The lowest BCUT2D eigenvalue weighted by Gasteiger charge is -2.21. The van der Waals surface area contributed by atoms with Crippen LogP contribution < -0.4 is 4.31 Å². The van der Waals surface area contributed by atoms with E-state index in [1.165, 1.54) is 0 Å². The van der Waals surface area contributed by atoms with Gasteiger partial charge in [-0.15, -0.1) is 0 Å². The summed E-state index contributed by atoms with van der Waals surface area (Å²) in [5.74, 6) is -0.197. The minimum absolute atomic E-state index is 0.154. The van der Waals surface area contributed by atoms with E-state index in [-0.39, 0.29) is 18.7 Å². The summed E-state index contributed by atoms with van der Waals surface area (Å²) in [6, 6.07) is 13.7.